The van der Waals surface area contributed by atoms with Crippen molar-refractivity contribution < 1.29 is 19.2 Å². The number of nitrogens with zero attached hydrogens (tertiary/aromatic N) is 1. The number of nitrogens with one attached hydrogen (secondary N) is 1. The monoisotopic (exact) mass is 404 g/mol. The van der Waals surface area contributed by atoms with Gasteiger partial charge in [-0.25, -0.2) is 4.79 Å². The minimum Gasteiger partial charge on any atom is -0.449 e. The number of benzene rings is 2. The lowest BCUT2D eigenvalue weighted by atomic mass is 9.97. The normalized spacial score (nSPS) is 12.7. The van der Waals surface area contributed by atoms with Gasteiger partial charge in [-0.05, 0) is 37.0 Å². The molecule has 0 aliphatic heterocycles. The predicted octanol–water partition coefficient (Wildman–Crippen LogP) is 4.95. The van der Waals surface area contributed by atoms with Gasteiger partial charge in [-0.1, -0.05) is 43.6 Å². The van der Waals surface area contributed by atoms with E-state index in [1.807, 2.05) is 18.2 Å². The summed E-state index contributed by atoms with van der Waals surface area (Å²) in [6, 6.07) is 10.9. The molecule has 2 rings (SSSR count). The molecule has 2 atom stereocenters. The first-order chi connectivity index (χ1) is 13.2. The Bertz CT molecular complexity index is 900. The second-order valence-electron chi connectivity index (χ2n) is 6.35. The van der Waals surface area contributed by atoms with Gasteiger partial charge in [0.15, 0.2) is 6.10 Å². The van der Waals surface area contributed by atoms with Crippen LogP contribution in [0.2, 0.25) is 5.02 Å². The quantitative estimate of drug-likeness (QED) is 0.400. The third kappa shape index (κ3) is 5.07. The van der Waals surface area contributed by atoms with Crippen LogP contribution in [0.3, 0.4) is 0 Å². The van der Waals surface area contributed by atoms with Gasteiger partial charge in [-0.15, -0.1) is 0 Å². The van der Waals surface area contributed by atoms with E-state index in [9.17, 15) is 19.7 Å². The van der Waals surface area contributed by atoms with E-state index < -0.39 is 22.9 Å². The number of hydrogen-bond acceptors (Lipinski definition) is 5. The van der Waals surface area contributed by atoms with Crippen LogP contribution < -0.4 is 5.32 Å². The highest BCUT2D eigenvalue weighted by molar-refractivity contribution is 6.33. The summed E-state index contributed by atoms with van der Waals surface area (Å²) in [6.07, 6.45) is -0.167. The molecule has 0 spiro atoms. The summed E-state index contributed by atoms with van der Waals surface area (Å²) in [5, 5.41) is 13.4. The molecule has 0 saturated heterocycles. The topological polar surface area (TPSA) is 98.5 Å². The van der Waals surface area contributed by atoms with Crippen molar-refractivity contribution in [2.45, 2.75) is 39.2 Å². The van der Waals surface area contributed by atoms with Crippen molar-refractivity contribution in [3.63, 3.8) is 0 Å². The van der Waals surface area contributed by atoms with Crippen LogP contribution in [-0.2, 0) is 9.53 Å². The van der Waals surface area contributed by atoms with E-state index in [2.05, 4.69) is 19.2 Å². The molecule has 0 saturated carbocycles. The molecule has 0 unspecified atom stereocenters. The molecule has 1 amide bonds. The van der Waals surface area contributed by atoms with Gasteiger partial charge >= 0.3 is 5.97 Å². The fourth-order valence-corrected chi connectivity index (χ4v) is 2.81. The number of carbonyl (C=O) groups excluding carboxylic acids is 2. The molecule has 28 heavy (non-hydrogen) atoms. The first-order valence-corrected chi connectivity index (χ1v) is 9.17. The molecular formula is C20H21ClN2O5. The molecule has 8 heteroatoms. The molecule has 0 radical (unpaired) electrons. The summed E-state index contributed by atoms with van der Waals surface area (Å²) in [5.41, 5.74) is 1.37. The SMILES string of the molecule is CC[C@H](C)c1ccccc1NC(=O)[C@@H](C)OC(=O)c1ccc([N+](=O)[O-])cc1Cl. The minimum absolute atomic E-state index is 0.0491. The Morgan fingerprint density at radius 1 is 1.21 bits per heavy atom. The second-order valence-corrected chi connectivity index (χ2v) is 6.76. The molecule has 0 heterocycles. The zero-order chi connectivity index (χ0) is 20.8. The number of ether oxygens (including phenoxy) is 1. The number of anilines is 1. The molecule has 2 aromatic rings. The van der Waals surface area contributed by atoms with Crippen LogP contribution in [0.15, 0.2) is 42.5 Å². The highest BCUT2D eigenvalue weighted by Crippen LogP contribution is 2.27. The van der Waals surface area contributed by atoms with Crippen molar-refractivity contribution >= 4 is 34.9 Å². The lowest BCUT2D eigenvalue weighted by Crippen LogP contribution is -2.30. The molecular weight excluding hydrogens is 384 g/mol. The third-order valence-corrected chi connectivity index (χ3v) is 4.71. The van der Waals surface area contributed by atoms with Crippen molar-refractivity contribution in [2.75, 3.05) is 5.32 Å². The summed E-state index contributed by atoms with van der Waals surface area (Å²) in [7, 11) is 0. The average molecular weight is 405 g/mol. The minimum atomic E-state index is -1.08. The summed E-state index contributed by atoms with van der Waals surface area (Å²) in [6.45, 7) is 5.56. The summed E-state index contributed by atoms with van der Waals surface area (Å²) >= 11 is 5.93. The first-order valence-electron chi connectivity index (χ1n) is 8.79. The van der Waals surface area contributed by atoms with Gasteiger partial charge in [-0.3, -0.25) is 14.9 Å². The van der Waals surface area contributed by atoms with Gasteiger partial charge in [-0.2, -0.15) is 0 Å². The maximum Gasteiger partial charge on any atom is 0.340 e. The van der Waals surface area contributed by atoms with Crippen molar-refractivity contribution in [2.24, 2.45) is 0 Å². The molecule has 2 aromatic carbocycles. The van der Waals surface area contributed by atoms with Crippen LogP contribution in [-0.4, -0.2) is 22.9 Å². The Kier molecular flexibility index (Phi) is 7.12. The van der Waals surface area contributed by atoms with Crippen LogP contribution in [0.25, 0.3) is 0 Å². The number of nitro groups is 1. The van der Waals surface area contributed by atoms with E-state index in [4.69, 9.17) is 16.3 Å². The Morgan fingerprint density at radius 2 is 1.89 bits per heavy atom. The van der Waals surface area contributed by atoms with Crippen molar-refractivity contribution in [3.8, 4) is 0 Å². The number of rotatable bonds is 7. The Morgan fingerprint density at radius 3 is 2.50 bits per heavy atom. The number of para-hydroxylation sites is 1. The fraction of sp³-hybridized carbons (Fsp3) is 0.300. The van der Waals surface area contributed by atoms with Gasteiger partial charge in [0.05, 0.1) is 15.5 Å². The van der Waals surface area contributed by atoms with Crippen LogP contribution in [0.1, 0.15) is 49.0 Å². The molecule has 0 aromatic heterocycles. The summed E-state index contributed by atoms with van der Waals surface area (Å²) in [4.78, 5) is 34.9. The zero-order valence-electron chi connectivity index (χ0n) is 15.8. The molecule has 148 valence electrons. The average Bonchev–Trinajstić information content (AvgIpc) is 2.67. The Hall–Kier alpha value is -2.93. The van der Waals surface area contributed by atoms with Gasteiger partial charge in [0.25, 0.3) is 11.6 Å². The van der Waals surface area contributed by atoms with Crippen LogP contribution in [0.5, 0.6) is 0 Å². The Labute approximate surface area is 167 Å². The number of hydrogen-bond donors (Lipinski definition) is 1. The molecule has 0 aliphatic rings. The van der Waals surface area contributed by atoms with Gasteiger partial charge in [0.1, 0.15) is 0 Å². The molecule has 0 aliphatic carbocycles. The molecule has 7 nitrogen and oxygen atoms in total. The number of halogens is 1. The smallest absolute Gasteiger partial charge is 0.340 e. The van der Waals surface area contributed by atoms with E-state index in [-0.39, 0.29) is 22.2 Å². The van der Waals surface area contributed by atoms with Gasteiger partial charge in [0.2, 0.25) is 0 Å². The van der Waals surface area contributed by atoms with E-state index in [1.54, 1.807) is 6.07 Å². The maximum absolute atomic E-state index is 12.5. The third-order valence-electron chi connectivity index (χ3n) is 4.40. The Balaban J connectivity index is 2.09. The van der Waals surface area contributed by atoms with Crippen molar-refractivity contribution in [1.82, 2.24) is 0 Å². The highest BCUT2D eigenvalue weighted by Gasteiger charge is 2.23. The van der Waals surface area contributed by atoms with Gasteiger partial charge in [0, 0.05) is 17.8 Å². The van der Waals surface area contributed by atoms with Crippen molar-refractivity contribution in [3.05, 3.63) is 68.7 Å². The summed E-state index contributed by atoms with van der Waals surface area (Å²) < 4.78 is 5.17. The van der Waals surface area contributed by atoms with E-state index >= 15 is 0 Å². The number of esters is 1. The number of amides is 1. The molecule has 0 fully saturated rings. The van der Waals surface area contributed by atoms with Crippen LogP contribution in [0.4, 0.5) is 11.4 Å². The van der Waals surface area contributed by atoms with Gasteiger partial charge < -0.3 is 10.1 Å². The summed E-state index contributed by atoms with van der Waals surface area (Å²) in [5.74, 6) is -1.06. The standard InChI is InChI=1S/C20H21ClN2O5/c1-4-12(2)15-7-5-6-8-18(15)22-19(24)13(3)28-20(25)16-10-9-14(23(26)27)11-17(16)21/h5-13H,4H2,1-3H3,(H,22,24)/t12-,13+/m0/s1. The van der Waals surface area contributed by atoms with E-state index in [0.29, 0.717) is 5.69 Å². The number of non-ortho nitro benzene ring substituents is 1. The highest BCUT2D eigenvalue weighted by atomic mass is 35.5. The second kappa shape index (κ2) is 9.32. The molecule has 0 bridgehead atoms. The number of nitro benzene ring substituents is 1. The van der Waals surface area contributed by atoms with Crippen molar-refractivity contribution in [1.29, 1.82) is 0 Å². The van der Waals surface area contributed by atoms with Crippen LogP contribution >= 0.6 is 11.6 Å². The molecule has 1 N–H and O–H groups in total. The zero-order valence-corrected chi connectivity index (χ0v) is 16.5. The lowest BCUT2D eigenvalue weighted by Gasteiger charge is -2.18. The fourth-order valence-electron chi connectivity index (χ4n) is 2.56. The predicted molar refractivity (Wildman–Crippen MR) is 107 cm³/mol. The largest absolute Gasteiger partial charge is 0.449 e. The lowest BCUT2D eigenvalue weighted by molar-refractivity contribution is -0.384. The maximum atomic E-state index is 12.5. The number of carbonyl (C=O) groups is 2. The van der Waals surface area contributed by atoms with Crippen LogP contribution in [0, 0.1) is 10.1 Å². The van der Waals surface area contributed by atoms with E-state index in [1.165, 1.54) is 13.0 Å². The van der Waals surface area contributed by atoms with E-state index in [0.717, 1.165) is 24.1 Å². The first kappa shape index (κ1) is 21.4.